The van der Waals surface area contributed by atoms with Gasteiger partial charge in [-0.2, -0.15) is 0 Å². The van der Waals surface area contributed by atoms with Gasteiger partial charge in [-0.3, -0.25) is 0 Å². The number of fused-ring (bicyclic) bond motifs is 10. The Labute approximate surface area is 286 Å². The molecule has 0 bridgehead atoms. The van der Waals surface area contributed by atoms with Crippen molar-refractivity contribution in [2.45, 2.75) is 0 Å². The summed E-state index contributed by atoms with van der Waals surface area (Å²) in [5, 5.41) is 10.1. The molecule has 0 amide bonds. The predicted molar refractivity (Wildman–Crippen MR) is 207 cm³/mol. The topological polar surface area (TPSA) is 38.7 Å². The van der Waals surface area contributed by atoms with Crippen molar-refractivity contribution in [3.63, 3.8) is 0 Å². The maximum Gasteiger partial charge on any atom is 0.164 e. The summed E-state index contributed by atoms with van der Waals surface area (Å²) in [4.78, 5) is 15.2. The Kier molecular flexibility index (Phi) is 6.36. The van der Waals surface area contributed by atoms with E-state index in [0.29, 0.717) is 17.5 Å². The molecule has 0 aliphatic carbocycles. The van der Waals surface area contributed by atoms with E-state index in [1.54, 1.807) is 0 Å². The Balaban J connectivity index is 1.20. The number of rotatable bonds is 4. The van der Waals surface area contributed by atoms with Gasteiger partial charge in [-0.05, 0) is 50.2 Å². The average Bonchev–Trinajstić information content (AvgIpc) is 3.57. The Morgan fingerprint density at radius 3 is 1.47 bits per heavy atom. The second-order valence-electron chi connectivity index (χ2n) is 12.4. The van der Waals surface area contributed by atoms with E-state index < -0.39 is 0 Å². The smallest absolute Gasteiger partial charge is 0.164 e. The Morgan fingerprint density at radius 2 is 0.755 bits per heavy atom. The largest absolute Gasteiger partial charge is 0.208 e. The quantitative estimate of drug-likeness (QED) is 0.180. The van der Waals surface area contributed by atoms with E-state index in [4.69, 9.17) is 15.0 Å². The van der Waals surface area contributed by atoms with Crippen LogP contribution in [0.5, 0.6) is 0 Å². The van der Waals surface area contributed by atoms with E-state index in [9.17, 15) is 0 Å². The molecule has 0 fully saturated rings. The minimum Gasteiger partial charge on any atom is -0.208 e. The highest BCUT2D eigenvalue weighted by Gasteiger charge is 2.17. The third-order valence-corrected chi connectivity index (χ3v) is 10.7. The summed E-state index contributed by atoms with van der Waals surface area (Å²) in [6.45, 7) is 0. The van der Waals surface area contributed by atoms with Gasteiger partial charge in [-0.25, -0.2) is 15.0 Å². The van der Waals surface area contributed by atoms with Crippen LogP contribution in [0, 0.1) is 0 Å². The van der Waals surface area contributed by atoms with E-state index in [2.05, 4.69) is 140 Å². The molecule has 3 nitrogen and oxygen atoms in total. The van der Waals surface area contributed by atoms with Crippen LogP contribution in [-0.2, 0) is 0 Å². The first-order valence-electron chi connectivity index (χ1n) is 16.4. The summed E-state index contributed by atoms with van der Waals surface area (Å²) in [5.41, 5.74) is 5.20. The number of hydrogen-bond acceptors (Lipinski definition) is 4. The van der Waals surface area contributed by atoms with Crippen LogP contribution in [-0.4, -0.2) is 15.0 Å². The summed E-state index contributed by atoms with van der Waals surface area (Å²) in [7, 11) is 0. The first kappa shape index (κ1) is 27.8. The highest BCUT2D eigenvalue weighted by molar-refractivity contribution is 7.26. The Morgan fingerprint density at radius 1 is 0.306 bits per heavy atom. The molecule has 8 aromatic carbocycles. The van der Waals surface area contributed by atoms with Gasteiger partial charge in [0.15, 0.2) is 17.5 Å². The highest BCUT2D eigenvalue weighted by atomic mass is 32.1. The fourth-order valence-electron chi connectivity index (χ4n) is 7.15. The molecule has 49 heavy (non-hydrogen) atoms. The zero-order valence-corrected chi connectivity index (χ0v) is 27.2. The van der Waals surface area contributed by atoms with Crippen LogP contribution in [0.3, 0.4) is 0 Å². The molecule has 0 spiro atoms. The second-order valence-corrected chi connectivity index (χ2v) is 13.4. The van der Waals surface area contributed by atoms with Gasteiger partial charge in [-0.15, -0.1) is 11.3 Å². The highest BCUT2D eigenvalue weighted by Crippen LogP contribution is 2.45. The van der Waals surface area contributed by atoms with Crippen LogP contribution in [0.2, 0.25) is 0 Å². The van der Waals surface area contributed by atoms with E-state index in [-0.39, 0.29) is 0 Å². The van der Waals surface area contributed by atoms with Crippen molar-refractivity contribution in [1.29, 1.82) is 0 Å². The molecule has 2 heterocycles. The van der Waals surface area contributed by atoms with Crippen LogP contribution in [0.25, 0.3) is 97.8 Å². The summed E-state index contributed by atoms with van der Waals surface area (Å²) in [5.74, 6) is 1.96. The van der Waals surface area contributed by atoms with Gasteiger partial charge in [0.05, 0.1) is 0 Å². The number of aromatic nitrogens is 3. The third kappa shape index (κ3) is 4.61. The van der Waals surface area contributed by atoms with Gasteiger partial charge in [-0.1, -0.05) is 152 Å². The number of nitrogens with zero attached hydrogens (tertiary/aromatic N) is 3. The minimum atomic E-state index is 0.652. The summed E-state index contributed by atoms with van der Waals surface area (Å²) >= 11 is 1.88. The molecule has 4 heteroatoms. The van der Waals surface area contributed by atoms with E-state index >= 15 is 0 Å². The van der Waals surface area contributed by atoms with Gasteiger partial charge in [0.25, 0.3) is 0 Å². The molecule has 228 valence electrons. The van der Waals surface area contributed by atoms with Crippen LogP contribution >= 0.6 is 11.3 Å². The lowest BCUT2D eigenvalue weighted by Crippen LogP contribution is -2.00. The number of benzene rings is 8. The van der Waals surface area contributed by atoms with E-state index in [0.717, 1.165) is 22.3 Å². The van der Waals surface area contributed by atoms with Crippen molar-refractivity contribution in [3.8, 4) is 45.3 Å². The first-order chi connectivity index (χ1) is 24.3. The Bertz CT molecular complexity index is 2860. The monoisotopic (exact) mass is 641 g/mol. The Hall–Kier alpha value is -6.23. The maximum absolute atomic E-state index is 5.11. The zero-order chi connectivity index (χ0) is 32.3. The summed E-state index contributed by atoms with van der Waals surface area (Å²) in [6.07, 6.45) is 0. The van der Waals surface area contributed by atoms with Crippen molar-refractivity contribution < 1.29 is 0 Å². The first-order valence-corrected chi connectivity index (χ1v) is 17.3. The lowest BCUT2D eigenvalue weighted by Gasteiger charge is -2.13. The van der Waals surface area contributed by atoms with Crippen molar-refractivity contribution in [1.82, 2.24) is 15.0 Å². The standard InChI is InChI=1S/C45H27N3S/c1-3-11-28(12-4-1)29-19-21-31(22-20-29)44-46-43(30-13-5-2-6-14-30)47-45(48-44)32-23-24-37-39(27-32)34-16-8-7-15-33(34)36-25-26-38-35-17-9-10-18-40(35)49-42(38)41(36)37/h1-27H. The molecule has 0 aliphatic heterocycles. The summed E-state index contributed by atoms with van der Waals surface area (Å²) in [6, 6.07) is 57.9. The van der Waals surface area contributed by atoms with Gasteiger partial charge in [0.1, 0.15) is 0 Å². The fraction of sp³-hybridized carbons (Fsp3) is 0. The molecule has 0 saturated heterocycles. The molecule has 0 aliphatic rings. The molecular weight excluding hydrogens is 615 g/mol. The zero-order valence-electron chi connectivity index (χ0n) is 26.3. The van der Waals surface area contributed by atoms with Gasteiger partial charge in [0, 0.05) is 42.2 Å². The van der Waals surface area contributed by atoms with Crippen molar-refractivity contribution in [3.05, 3.63) is 164 Å². The third-order valence-electron chi connectivity index (χ3n) is 9.52. The molecule has 0 atom stereocenters. The SMILES string of the molecule is c1ccc(-c2ccc(-c3nc(-c4ccccc4)nc(-c4ccc5c(c4)c4ccccc4c4ccc6c7ccccc7sc6c45)n3)cc2)cc1. The van der Waals surface area contributed by atoms with E-state index in [1.165, 1.54) is 58.1 Å². The lowest BCUT2D eigenvalue weighted by molar-refractivity contribution is 1.07. The predicted octanol–water partition coefficient (Wildman–Crippen LogP) is 12.4. The summed E-state index contributed by atoms with van der Waals surface area (Å²) < 4.78 is 2.64. The molecule has 0 unspecified atom stereocenters. The van der Waals surface area contributed by atoms with Crippen LogP contribution in [0.1, 0.15) is 0 Å². The van der Waals surface area contributed by atoms with Gasteiger partial charge < -0.3 is 0 Å². The molecule has 0 N–H and O–H groups in total. The number of thiophene rings is 1. The van der Waals surface area contributed by atoms with Crippen LogP contribution < -0.4 is 0 Å². The number of hydrogen-bond donors (Lipinski definition) is 0. The second kappa shape index (κ2) is 11.2. The molecule has 10 aromatic rings. The van der Waals surface area contributed by atoms with Crippen LogP contribution in [0.4, 0.5) is 0 Å². The van der Waals surface area contributed by atoms with E-state index in [1.807, 2.05) is 35.6 Å². The van der Waals surface area contributed by atoms with Crippen molar-refractivity contribution in [2.24, 2.45) is 0 Å². The van der Waals surface area contributed by atoms with Crippen LogP contribution in [0.15, 0.2) is 164 Å². The van der Waals surface area contributed by atoms with Crippen molar-refractivity contribution in [2.75, 3.05) is 0 Å². The molecule has 0 radical (unpaired) electrons. The van der Waals surface area contributed by atoms with Gasteiger partial charge >= 0.3 is 0 Å². The molecule has 10 rings (SSSR count). The molecule has 0 saturated carbocycles. The average molecular weight is 642 g/mol. The molecular formula is C45H27N3S. The van der Waals surface area contributed by atoms with Gasteiger partial charge in [0.2, 0.25) is 0 Å². The molecule has 2 aromatic heterocycles. The fourth-order valence-corrected chi connectivity index (χ4v) is 8.41. The lowest BCUT2D eigenvalue weighted by atomic mass is 9.92. The minimum absolute atomic E-state index is 0.652. The normalized spacial score (nSPS) is 11.7. The maximum atomic E-state index is 5.11. The van der Waals surface area contributed by atoms with Crippen molar-refractivity contribution >= 4 is 63.8 Å².